The molecule has 0 saturated heterocycles. The van der Waals surface area contributed by atoms with Crippen molar-refractivity contribution in [3.63, 3.8) is 0 Å². The molecule has 0 bridgehead atoms. The van der Waals surface area contributed by atoms with E-state index in [0.29, 0.717) is 5.56 Å². The van der Waals surface area contributed by atoms with Crippen molar-refractivity contribution in [3.8, 4) is 11.1 Å². The molecule has 26 heavy (non-hydrogen) atoms. The number of nitrogens with one attached hydrogen (secondary N) is 2. The van der Waals surface area contributed by atoms with Crippen LogP contribution >= 0.6 is 0 Å². The van der Waals surface area contributed by atoms with Crippen LogP contribution in [0.5, 0.6) is 0 Å². The molecule has 2 aromatic carbocycles. The van der Waals surface area contributed by atoms with Crippen molar-refractivity contribution in [1.82, 2.24) is 15.7 Å². The molecule has 7 heteroatoms. The lowest BCUT2D eigenvalue weighted by Crippen LogP contribution is -2.54. The number of nitrogens with zero attached hydrogens (tertiary/aromatic N) is 1. The minimum Gasteiger partial charge on any atom is -0.357 e. The first-order valence-corrected chi connectivity index (χ1v) is 7.99. The Morgan fingerprint density at radius 1 is 0.923 bits per heavy atom. The van der Waals surface area contributed by atoms with Crippen LogP contribution in [0.25, 0.3) is 11.1 Å². The van der Waals surface area contributed by atoms with E-state index in [4.69, 9.17) is 5.21 Å². The van der Waals surface area contributed by atoms with Gasteiger partial charge in [-0.3, -0.25) is 19.6 Å². The molecule has 2 aromatic rings. The number of benzene rings is 2. The smallest absolute Gasteiger partial charge is 0.275 e. The zero-order valence-corrected chi connectivity index (χ0v) is 14.8. The molecular weight excluding hydrogens is 334 g/mol. The lowest BCUT2D eigenvalue weighted by atomic mass is 10.0. The molecule has 1 unspecified atom stereocenters. The molecule has 0 aliphatic heterocycles. The summed E-state index contributed by atoms with van der Waals surface area (Å²) in [5.74, 6) is -2.21. The van der Waals surface area contributed by atoms with E-state index < -0.39 is 23.8 Å². The SMILES string of the molecule is CNC(=O)C(C(=O)NO)N(C)C(=O)c1ccc(-c2ccc(C)cc2)cc1. The van der Waals surface area contributed by atoms with Gasteiger partial charge in [0.1, 0.15) is 0 Å². The lowest BCUT2D eigenvalue weighted by molar-refractivity contribution is -0.140. The first-order chi connectivity index (χ1) is 12.4. The minimum absolute atomic E-state index is 0.322. The third kappa shape index (κ3) is 4.07. The van der Waals surface area contributed by atoms with Crippen LogP contribution in [0.4, 0.5) is 0 Å². The maximum Gasteiger partial charge on any atom is 0.275 e. The standard InChI is InChI=1S/C19H21N3O4/c1-12-4-6-13(7-5-12)14-8-10-15(11-9-14)19(25)22(3)16(17(23)20-2)18(24)21-26/h4-11,16,26H,1-3H3,(H,20,23)(H,21,24). The molecule has 0 saturated carbocycles. The minimum atomic E-state index is -1.48. The highest BCUT2D eigenvalue weighted by molar-refractivity contribution is 6.08. The number of amides is 3. The van der Waals surface area contributed by atoms with Crippen LogP contribution < -0.4 is 10.8 Å². The second kappa shape index (κ2) is 8.26. The van der Waals surface area contributed by atoms with E-state index in [9.17, 15) is 14.4 Å². The number of hydrogen-bond acceptors (Lipinski definition) is 4. The van der Waals surface area contributed by atoms with Crippen molar-refractivity contribution in [2.75, 3.05) is 14.1 Å². The van der Waals surface area contributed by atoms with Gasteiger partial charge in [-0.05, 0) is 30.2 Å². The quantitative estimate of drug-likeness (QED) is 0.428. The van der Waals surface area contributed by atoms with Gasteiger partial charge in [-0.15, -0.1) is 0 Å². The third-order valence-electron chi connectivity index (χ3n) is 4.08. The second-order valence-electron chi connectivity index (χ2n) is 5.85. The summed E-state index contributed by atoms with van der Waals surface area (Å²) in [7, 11) is 2.67. The summed E-state index contributed by atoms with van der Waals surface area (Å²) in [6.07, 6.45) is 0. The summed E-state index contributed by atoms with van der Waals surface area (Å²) < 4.78 is 0. The van der Waals surface area contributed by atoms with Crippen LogP contribution in [-0.4, -0.2) is 48.0 Å². The van der Waals surface area contributed by atoms with Crippen molar-refractivity contribution in [1.29, 1.82) is 0 Å². The molecule has 0 aliphatic rings. The van der Waals surface area contributed by atoms with Gasteiger partial charge in [-0.1, -0.05) is 42.0 Å². The van der Waals surface area contributed by atoms with Gasteiger partial charge in [-0.2, -0.15) is 0 Å². The highest BCUT2D eigenvalue weighted by Gasteiger charge is 2.33. The highest BCUT2D eigenvalue weighted by atomic mass is 16.5. The molecule has 0 radical (unpaired) electrons. The number of carbonyl (C=O) groups excluding carboxylic acids is 3. The van der Waals surface area contributed by atoms with Crippen molar-refractivity contribution < 1.29 is 19.6 Å². The molecule has 0 aliphatic carbocycles. The summed E-state index contributed by atoms with van der Waals surface area (Å²) in [6.45, 7) is 2.01. The van der Waals surface area contributed by atoms with Gasteiger partial charge in [0.15, 0.2) is 6.04 Å². The molecule has 0 fully saturated rings. The Kier molecular flexibility index (Phi) is 6.08. The number of aryl methyl sites for hydroxylation is 1. The Labute approximate surface area is 151 Å². The van der Waals surface area contributed by atoms with Crippen LogP contribution in [0.15, 0.2) is 48.5 Å². The molecule has 7 nitrogen and oxygen atoms in total. The Bertz CT molecular complexity index is 785. The molecular formula is C19H21N3O4. The Hall–Kier alpha value is -3.19. The second-order valence-corrected chi connectivity index (χ2v) is 5.85. The van der Waals surface area contributed by atoms with Crippen LogP contribution in [0.1, 0.15) is 15.9 Å². The fourth-order valence-corrected chi connectivity index (χ4v) is 2.54. The molecule has 0 aromatic heterocycles. The van der Waals surface area contributed by atoms with Gasteiger partial charge >= 0.3 is 0 Å². The summed E-state index contributed by atoms with van der Waals surface area (Å²) in [5, 5.41) is 11.1. The Morgan fingerprint density at radius 3 is 1.88 bits per heavy atom. The van der Waals surface area contributed by atoms with Gasteiger partial charge in [-0.25, -0.2) is 5.48 Å². The predicted octanol–water partition coefficient (Wildman–Crippen LogP) is 1.35. The number of rotatable bonds is 5. The van der Waals surface area contributed by atoms with Crippen molar-refractivity contribution in [2.45, 2.75) is 13.0 Å². The van der Waals surface area contributed by atoms with Crippen LogP contribution in [-0.2, 0) is 9.59 Å². The first kappa shape index (κ1) is 19.1. The molecule has 0 spiro atoms. The van der Waals surface area contributed by atoms with Crippen LogP contribution in [0, 0.1) is 6.92 Å². The van der Waals surface area contributed by atoms with E-state index in [1.165, 1.54) is 19.6 Å². The van der Waals surface area contributed by atoms with Gasteiger partial charge < -0.3 is 10.2 Å². The molecule has 3 N–H and O–H groups in total. The van der Waals surface area contributed by atoms with E-state index in [2.05, 4.69) is 5.32 Å². The lowest BCUT2D eigenvalue weighted by Gasteiger charge is -2.25. The van der Waals surface area contributed by atoms with Crippen LogP contribution in [0.2, 0.25) is 0 Å². The normalized spacial score (nSPS) is 11.4. The van der Waals surface area contributed by atoms with Crippen LogP contribution in [0.3, 0.4) is 0 Å². The van der Waals surface area contributed by atoms with E-state index in [1.807, 2.05) is 31.2 Å². The summed E-state index contributed by atoms with van der Waals surface area (Å²) in [5.41, 5.74) is 4.85. The zero-order valence-electron chi connectivity index (χ0n) is 14.8. The molecule has 2 rings (SSSR count). The number of likely N-dealkylation sites (N-methyl/N-ethyl adjacent to an activating group) is 2. The fourth-order valence-electron chi connectivity index (χ4n) is 2.54. The monoisotopic (exact) mass is 355 g/mol. The topological polar surface area (TPSA) is 98.7 Å². The maximum atomic E-state index is 12.6. The van der Waals surface area contributed by atoms with Crippen molar-refractivity contribution >= 4 is 17.7 Å². The number of carbonyl (C=O) groups is 3. The summed E-state index contributed by atoms with van der Waals surface area (Å²) in [4.78, 5) is 37.2. The van der Waals surface area contributed by atoms with Gasteiger partial charge in [0, 0.05) is 19.7 Å². The first-order valence-electron chi connectivity index (χ1n) is 7.99. The van der Waals surface area contributed by atoms with Gasteiger partial charge in [0.2, 0.25) is 0 Å². The highest BCUT2D eigenvalue weighted by Crippen LogP contribution is 2.21. The molecule has 136 valence electrons. The summed E-state index contributed by atoms with van der Waals surface area (Å²) >= 11 is 0. The molecule has 0 heterocycles. The van der Waals surface area contributed by atoms with Gasteiger partial charge in [0.05, 0.1) is 0 Å². The third-order valence-corrected chi connectivity index (χ3v) is 4.08. The van der Waals surface area contributed by atoms with E-state index in [0.717, 1.165) is 21.6 Å². The Balaban J connectivity index is 2.24. The zero-order chi connectivity index (χ0) is 19.3. The van der Waals surface area contributed by atoms with E-state index in [1.54, 1.807) is 24.3 Å². The molecule has 3 amide bonds. The van der Waals surface area contributed by atoms with Crippen molar-refractivity contribution in [3.05, 3.63) is 59.7 Å². The predicted molar refractivity (Wildman–Crippen MR) is 96.5 cm³/mol. The number of hydroxylamine groups is 1. The summed E-state index contributed by atoms with van der Waals surface area (Å²) in [6, 6.07) is 13.4. The number of hydrogen-bond donors (Lipinski definition) is 3. The fraction of sp³-hybridized carbons (Fsp3) is 0.211. The maximum absolute atomic E-state index is 12.6. The van der Waals surface area contributed by atoms with E-state index in [-0.39, 0.29) is 0 Å². The van der Waals surface area contributed by atoms with E-state index >= 15 is 0 Å². The average molecular weight is 355 g/mol. The Morgan fingerprint density at radius 2 is 1.42 bits per heavy atom. The average Bonchev–Trinajstić information content (AvgIpc) is 2.67. The largest absolute Gasteiger partial charge is 0.357 e. The molecule has 1 atom stereocenters. The van der Waals surface area contributed by atoms with Crippen molar-refractivity contribution in [2.24, 2.45) is 0 Å². The van der Waals surface area contributed by atoms with Gasteiger partial charge in [0.25, 0.3) is 17.7 Å².